The third-order valence-corrected chi connectivity index (χ3v) is 4.02. The average molecular weight is 347 g/mol. The number of carbonyl (C=O) groups is 1. The predicted molar refractivity (Wildman–Crippen MR) is 99.1 cm³/mol. The smallest absolute Gasteiger partial charge is 0.258 e. The molecule has 0 saturated heterocycles. The van der Waals surface area contributed by atoms with E-state index < -0.39 is 0 Å². The summed E-state index contributed by atoms with van der Waals surface area (Å²) in [4.78, 5) is 20.8. The van der Waals surface area contributed by atoms with Crippen molar-refractivity contribution in [3.05, 3.63) is 54.2 Å². The van der Waals surface area contributed by atoms with Crippen LogP contribution in [0.5, 0.6) is 0 Å². The number of carbonyl (C=O) groups excluding carboxylic acids is 1. The van der Waals surface area contributed by atoms with Gasteiger partial charge in [0, 0.05) is 30.4 Å². The van der Waals surface area contributed by atoms with Gasteiger partial charge in [0.05, 0.1) is 5.69 Å². The first-order valence-electron chi connectivity index (χ1n) is 8.26. The lowest BCUT2D eigenvalue weighted by molar-refractivity contribution is 0.102. The van der Waals surface area contributed by atoms with E-state index in [1.165, 1.54) is 0 Å². The molecule has 0 aliphatic carbocycles. The highest BCUT2D eigenvalue weighted by Crippen LogP contribution is 2.20. The van der Waals surface area contributed by atoms with Gasteiger partial charge < -0.3 is 0 Å². The Bertz CT molecular complexity index is 947. The number of nitrogens with zero attached hydrogens (tertiary/aromatic N) is 5. The number of anilines is 2. The Morgan fingerprint density at radius 1 is 1.19 bits per heavy atom. The molecule has 130 valence electrons. The molecule has 3 heterocycles. The monoisotopic (exact) mass is 347 g/mol. The molecule has 0 saturated carbocycles. The summed E-state index contributed by atoms with van der Waals surface area (Å²) in [6, 6.07) is 12.8. The number of pyridine rings is 1. The number of hydrazone groups is 1. The van der Waals surface area contributed by atoms with E-state index in [1.807, 2.05) is 42.3 Å². The maximum absolute atomic E-state index is 12.4. The minimum Gasteiger partial charge on any atom is -0.289 e. The van der Waals surface area contributed by atoms with Gasteiger partial charge in [0.25, 0.3) is 5.91 Å². The first-order chi connectivity index (χ1) is 12.7. The summed E-state index contributed by atoms with van der Waals surface area (Å²) in [6.45, 7) is 2.88. The minimum atomic E-state index is -0.274. The van der Waals surface area contributed by atoms with E-state index in [2.05, 4.69) is 30.6 Å². The average Bonchev–Trinajstić information content (AvgIpc) is 3.32. The molecule has 0 spiro atoms. The fraction of sp³-hybridized carbons (Fsp3) is 0.167. The van der Waals surface area contributed by atoms with Crippen molar-refractivity contribution >= 4 is 23.3 Å². The van der Waals surface area contributed by atoms with Gasteiger partial charge in [0.15, 0.2) is 5.82 Å². The number of benzene rings is 1. The van der Waals surface area contributed by atoms with Crippen LogP contribution in [0.3, 0.4) is 0 Å². The first-order valence-corrected chi connectivity index (χ1v) is 8.26. The summed E-state index contributed by atoms with van der Waals surface area (Å²) in [5.74, 6) is 0.433. The number of aromatic amines is 1. The van der Waals surface area contributed by atoms with Gasteiger partial charge in [-0.15, -0.1) is 5.10 Å². The van der Waals surface area contributed by atoms with Crippen molar-refractivity contribution in [2.75, 3.05) is 16.9 Å². The SMILES string of the molecule is CC1=NN(c2ccc(C(=O)Nc3n[nH]c(-c4ccccn4)n3)cc2)CC1. The normalized spacial score (nSPS) is 13.6. The van der Waals surface area contributed by atoms with Crippen LogP contribution in [0.25, 0.3) is 11.5 Å². The van der Waals surface area contributed by atoms with Crippen molar-refractivity contribution in [2.24, 2.45) is 5.10 Å². The Labute approximate surface area is 150 Å². The van der Waals surface area contributed by atoms with Crippen LogP contribution >= 0.6 is 0 Å². The second kappa shape index (κ2) is 6.75. The maximum atomic E-state index is 12.4. The number of rotatable bonds is 4. The van der Waals surface area contributed by atoms with Crippen LogP contribution in [0, 0.1) is 0 Å². The van der Waals surface area contributed by atoms with Crippen molar-refractivity contribution in [3.63, 3.8) is 0 Å². The fourth-order valence-corrected chi connectivity index (χ4v) is 2.65. The van der Waals surface area contributed by atoms with E-state index in [-0.39, 0.29) is 11.9 Å². The maximum Gasteiger partial charge on any atom is 0.258 e. The lowest BCUT2D eigenvalue weighted by Gasteiger charge is -2.13. The van der Waals surface area contributed by atoms with Crippen LogP contribution in [0.2, 0.25) is 0 Å². The van der Waals surface area contributed by atoms with Gasteiger partial charge in [-0.2, -0.15) is 10.1 Å². The molecule has 0 fully saturated rings. The molecule has 1 aromatic carbocycles. The van der Waals surface area contributed by atoms with Gasteiger partial charge in [-0.3, -0.25) is 25.2 Å². The van der Waals surface area contributed by atoms with Gasteiger partial charge in [-0.05, 0) is 43.3 Å². The molecule has 26 heavy (non-hydrogen) atoms. The summed E-state index contributed by atoms with van der Waals surface area (Å²) in [7, 11) is 0. The third kappa shape index (κ3) is 3.30. The van der Waals surface area contributed by atoms with Crippen LogP contribution in [-0.2, 0) is 0 Å². The second-order valence-electron chi connectivity index (χ2n) is 5.93. The van der Waals surface area contributed by atoms with Gasteiger partial charge >= 0.3 is 0 Å². The number of amides is 1. The number of aromatic nitrogens is 4. The summed E-state index contributed by atoms with van der Waals surface area (Å²) in [6.07, 6.45) is 2.63. The number of hydrogen-bond acceptors (Lipinski definition) is 6. The lowest BCUT2D eigenvalue weighted by atomic mass is 10.2. The number of H-pyrrole nitrogens is 1. The van der Waals surface area contributed by atoms with E-state index in [4.69, 9.17) is 0 Å². The molecule has 0 bridgehead atoms. The molecule has 8 heteroatoms. The van der Waals surface area contributed by atoms with E-state index in [0.717, 1.165) is 24.4 Å². The topological polar surface area (TPSA) is 99.2 Å². The highest BCUT2D eigenvalue weighted by atomic mass is 16.1. The fourth-order valence-electron chi connectivity index (χ4n) is 2.65. The molecule has 1 amide bonds. The van der Waals surface area contributed by atoms with Crippen LogP contribution in [0.15, 0.2) is 53.8 Å². The predicted octanol–water partition coefficient (Wildman–Crippen LogP) is 2.71. The van der Waals surface area contributed by atoms with Crippen molar-refractivity contribution in [2.45, 2.75) is 13.3 Å². The van der Waals surface area contributed by atoms with Crippen molar-refractivity contribution in [3.8, 4) is 11.5 Å². The quantitative estimate of drug-likeness (QED) is 0.756. The molecular weight excluding hydrogens is 330 g/mol. The molecule has 0 radical (unpaired) electrons. The molecule has 4 rings (SSSR count). The molecule has 1 aliphatic heterocycles. The summed E-state index contributed by atoms with van der Waals surface area (Å²) in [5.41, 5.74) is 3.26. The third-order valence-electron chi connectivity index (χ3n) is 4.02. The van der Waals surface area contributed by atoms with Crippen molar-refractivity contribution < 1.29 is 4.79 Å². The van der Waals surface area contributed by atoms with Gasteiger partial charge in [-0.1, -0.05) is 6.07 Å². The van der Waals surface area contributed by atoms with Gasteiger partial charge in [0.1, 0.15) is 5.69 Å². The number of hydrogen-bond donors (Lipinski definition) is 2. The van der Waals surface area contributed by atoms with Crippen molar-refractivity contribution in [1.82, 2.24) is 20.2 Å². The van der Waals surface area contributed by atoms with Crippen LogP contribution in [0.1, 0.15) is 23.7 Å². The molecule has 2 aromatic heterocycles. The number of nitrogens with one attached hydrogen (secondary N) is 2. The molecule has 2 N–H and O–H groups in total. The van der Waals surface area contributed by atoms with Crippen LogP contribution in [0.4, 0.5) is 11.6 Å². The van der Waals surface area contributed by atoms with E-state index in [0.29, 0.717) is 17.1 Å². The van der Waals surface area contributed by atoms with Crippen LogP contribution in [-0.4, -0.2) is 38.3 Å². The lowest BCUT2D eigenvalue weighted by Crippen LogP contribution is -2.14. The summed E-state index contributed by atoms with van der Waals surface area (Å²) < 4.78 is 0. The van der Waals surface area contributed by atoms with Crippen molar-refractivity contribution in [1.29, 1.82) is 0 Å². The van der Waals surface area contributed by atoms with Crippen LogP contribution < -0.4 is 10.3 Å². The molecule has 3 aromatic rings. The van der Waals surface area contributed by atoms with Gasteiger partial charge in [0.2, 0.25) is 5.95 Å². The van der Waals surface area contributed by atoms with E-state index in [9.17, 15) is 4.79 Å². The molecular formula is C18H17N7O. The highest BCUT2D eigenvalue weighted by Gasteiger charge is 2.15. The standard InChI is InChI=1S/C18H17N7O/c1-12-9-11-25(24-12)14-7-5-13(6-8-14)17(26)21-18-20-16(22-23-18)15-4-2-3-10-19-15/h2-8,10H,9,11H2,1H3,(H2,20,21,22,23,26). The molecule has 1 aliphatic rings. The minimum absolute atomic E-state index is 0.208. The second-order valence-corrected chi connectivity index (χ2v) is 5.93. The Hall–Kier alpha value is -3.55. The Morgan fingerprint density at radius 3 is 2.73 bits per heavy atom. The summed E-state index contributed by atoms with van der Waals surface area (Å²) >= 11 is 0. The summed E-state index contributed by atoms with van der Waals surface area (Å²) in [5, 5.41) is 15.9. The van der Waals surface area contributed by atoms with E-state index in [1.54, 1.807) is 18.3 Å². The first kappa shape index (κ1) is 15.9. The molecule has 8 nitrogen and oxygen atoms in total. The van der Waals surface area contributed by atoms with E-state index >= 15 is 0 Å². The zero-order chi connectivity index (χ0) is 17.9. The Morgan fingerprint density at radius 2 is 2.04 bits per heavy atom. The zero-order valence-electron chi connectivity index (χ0n) is 14.2. The largest absolute Gasteiger partial charge is 0.289 e. The Balaban J connectivity index is 1.44. The molecule has 0 atom stereocenters. The molecule has 0 unspecified atom stereocenters. The zero-order valence-corrected chi connectivity index (χ0v) is 14.2. The Kier molecular flexibility index (Phi) is 4.14. The van der Waals surface area contributed by atoms with Gasteiger partial charge in [-0.25, -0.2) is 0 Å². The highest BCUT2D eigenvalue weighted by molar-refractivity contribution is 6.03.